The Kier molecular flexibility index (Phi) is 4.19. The average molecular weight is 294 g/mol. The van der Waals surface area contributed by atoms with E-state index >= 15 is 0 Å². The van der Waals surface area contributed by atoms with Crippen LogP contribution in [0.25, 0.3) is 0 Å². The molecule has 2 rings (SSSR count). The average Bonchev–Trinajstić information content (AvgIpc) is 2.42. The number of aliphatic hydroxyl groups is 1. The maximum Gasteiger partial charge on any atom is 0.297 e. The van der Waals surface area contributed by atoms with Crippen LogP contribution in [-0.2, 0) is 14.3 Å². The Balaban J connectivity index is 2.23. The van der Waals surface area contributed by atoms with Crippen molar-refractivity contribution in [2.75, 3.05) is 0 Å². The van der Waals surface area contributed by atoms with E-state index in [2.05, 4.69) is 5.92 Å². The second-order valence-electron chi connectivity index (χ2n) is 5.17. The Morgan fingerprint density at radius 2 is 2.00 bits per heavy atom. The Morgan fingerprint density at radius 1 is 1.35 bits per heavy atom. The largest absolute Gasteiger partial charge is 0.375 e. The van der Waals surface area contributed by atoms with Gasteiger partial charge in [0.1, 0.15) is 6.10 Å². The topological polar surface area (TPSA) is 63.6 Å². The van der Waals surface area contributed by atoms with Crippen LogP contribution in [0, 0.1) is 19.3 Å². The molecule has 2 atom stereocenters. The van der Waals surface area contributed by atoms with Crippen LogP contribution in [0.3, 0.4) is 0 Å². The SMILES string of the molecule is C#CC1(O)CCCCC1OS(=O)(=O)c1ccc(C)cc1. The summed E-state index contributed by atoms with van der Waals surface area (Å²) in [7, 11) is -3.91. The normalized spacial score (nSPS) is 26.9. The Bertz CT molecular complexity index is 612. The van der Waals surface area contributed by atoms with Gasteiger partial charge in [-0.1, -0.05) is 30.0 Å². The molecule has 1 N–H and O–H groups in total. The number of hydrogen-bond donors (Lipinski definition) is 1. The molecule has 0 heterocycles. The number of terminal acetylenes is 1. The van der Waals surface area contributed by atoms with Crippen LogP contribution in [0.15, 0.2) is 29.2 Å². The second-order valence-corrected chi connectivity index (χ2v) is 6.74. The monoisotopic (exact) mass is 294 g/mol. The molecule has 0 aliphatic heterocycles. The first kappa shape index (κ1) is 15.0. The molecule has 0 bridgehead atoms. The van der Waals surface area contributed by atoms with Crippen molar-refractivity contribution < 1.29 is 17.7 Å². The third-order valence-electron chi connectivity index (χ3n) is 3.61. The molecular formula is C15H18O4S. The van der Waals surface area contributed by atoms with Gasteiger partial charge in [-0.15, -0.1) is 6.42 Å². The summed E-state index contributed by atoms with van der Waals surface area (Å²) < 4.78 is 29.6. The number of aryl methyl sites for hydroxylation is 1. The minimum absolute atomic E-state index is 0.0769. The molecule has 0 radical (unpaired) electrons. The smallest absolute Gasteiger partial charge is 0.297 e. The van der Waals surface area contributed by atoms with Gasteiger partial charge in [-0.3, -0.25) is 4.18 Å². The van der Waals surface area contributed by atoms with Gasteiger partial charge in [-0.25, -0.2) is 0 Å². The Labute approximate surface area is 119 Å². The van der Waals surface area contributed by atoms with Crippen LogP contribution in [0.4, 0.5) is 0 Å². The van der Waals surface area contributed by atoms with Gasteiger partial charge in [0.15, 0.2) is 5.60 Å². The molecule has 0 aromatic heterocycles. The van der Waals surface area contributed by atoms with E-state index in [-0.39, 0.29) is 4.90 Å². The predicted octanol–water partition coefficient (Wildman–Crippen LogP) is 2.01. The van der Waals surface area contributed by atoms with Crippen molar-refractivity contribution in [1.29, 1.82) is 0 Å². The fraction of sp³-hybridized carbons (Fsp3) is 0.467. The standard InChI is InChI=1S/C15H18O4S/c1-3-15(16)11-5-4-6-14(15)19-20(17,18)13-9-7-12(2)8-10-13/h1,7-10,14,16H,4-6,11H2,2H3. The summed E-state index contributed by atoms with van der Waals surface area (Å²) in [4.78, 5) is 0.0769. The molecule has 1 aliphatic carbocycles. The van der Waals surface area contributed by atoms with Gasteiger partial charge in [0, 0.05) is 0 Å². The van der Waals surface area contributed by atoms with Gasteiger partial charge in [-0.05, 0) is 38.3 Å². The maximum absolute atomic E-state index is 12.2. The Morgan fingerprint density at radius 3 is 2.60 bits per heavy atom. The highest BCUT2D eigenvalue weighted by Gasteiger charge is 2.41. The summed E-state index contributed by atoms with van der Waals surface area (Å²) in [6.45, 7) is 1.87. The summed E-state index contributed by atoms with van der Waals surface area (Å²) in [5, 5.41) is 10.3. The quantitative estimate of drug-likeness (QED) is 0.684. The first-order valence-corrected chi connectivity index (χ1v) is 7.98. The third-order valence-corrected chi connectivity index (χ3v) is 4.94. The highest BCUT2D eigenvalue weighted by Crippen LogP contribution is 2.32. The van der Waals surface area contributed by atoms with Crippen molar-refractivity contribution in [3.63, 3.8) is 0 Å². The fourth-order valence-electron chi connectivity index (χ4n) is 2.33. The third kappa shape index (κ3) is 3.04. The molecule has 4 nitrogen and oxygen atoms in total. The summed E-state index contributed by atoms with van der Waals surface area (Å²) in [5.41, 5.74) is -0.544. The molecule has 0 saturated heterocycles. The maximum atomic E-state index is 12.2. The van der Waals surface area contributed by atoms with Crippen LogP contribution in [-0.4, -0.2) is 25.2 Å². The highest BCUT2D eigenvalue weighted by atomic mass is 32.2. The van der Waals surface area contributed by atoms with E-state index < -0.39 is 21.8 Å². The minimum atomic E-state index is -3.91. The Hall–Kier alpha value is -1.35. The summed E-state index contributed by atoms with van der Waals surface area (Å²) >= 11 is 0. The molecule has 1 saturated carbocycles. The molecule has 1 aliphatic rings. The summed E-state index contributed by atoms with van der Waals surface area (Å²) in [6, 6.07) is 6.37. The molecule has 108 valence electrons. The van der Waals surface area contributed by atoms with Gasteiger partial charge in [0.05, 0.1) is 4.90 Å². The zero-order valence-corrected chi connectivity index (χ0v) is 12.2. The van der Waals surface area contributed by atoms with Gasteiger partial charge >= 0.3 is 0 Å². The van der Waals surface area contributed by atoms with E-state index in [0.717, 1.165) is 18.4 Å². The molecule has 1 aromatic carbocycles. The van der Waals surface area contributed by atoms with Crippen LogP contribution in [0.1, 0.15) is 31.2 Å². The van der Waals surface area contributed by atoms with E-state index in [9.17, 15) is 13.5 Å². The van der Waals surface area contributed by atoms with Crippen molar-refractivity contribution in [1.82, 2.24) is 0 Å². The first-order chi connectivity index (χ1) is 9.37. The second kappa shape index (κ2) is 5.57. The molecule has 2 unspecified atom stereocenters. The van der Waals surface area contributed by atoms with E-state index in [0.29, 0.717) is 12.8 Å². The molecule has 1 fully saturated rings. The predicted molar refractivity (Wildman–Crippen MR) is 75.5 cm³/mol. The lowest BCUT2D eigenvalue weighted by Crippen LogP contribution is -2.46. The van der Waals surface area contributed by atoms with E-state index in [1.54, 1.807) is 12.1 Å². The van der Waals surface area contributed by atoms with Crippen molar-refractivity contribution in [3.8, 4) is 12.3 Å². The number of benzene rings is 1. The van der Waals surface area contributed by atoms with Gasteiger partial charge in [0.25, 0.3) is 10.1 Å². The lowest BCUT2D eigenvalue weighted by atomic mass is 9.83. The van der Waals surface area contributed by atoms with Crippen LogP contribution in [0.5, 0.6) is 0 Å². The van der Waals surface area contributed by atoms with Crippen LogP contribution < -0.4 is 0 Å². The van der Waals surface area contributed by atoms with Crippen molar-refractivity contribution >= 4 is 10.1 Å². The molecular weight excluding hydrogens is 276 g/mol. The van der Waals surface area contributed by atoms with Crippen LogP contribution >= 0.6 is 0 Å². The van der Waals surface area contributed by atoms with Crippen molar-refractivity contribution in [3.05, 3.63) is 29.8 Å². The fourth-order valence-corrected chi connectivity index (χ4v) is 3.47. The molecule has 20 heavy (non-hydrogen) atoms. The summed E-state index contributed by atoms with van der Waals surface area (Å²) in [6.07, 6.45) is 6.80. The lowest BCUT2D eigenvalue weighted by Gasteiger charge is -2.34. The highest BCUT2D eigenvalue weighted by molar-refractivity contribution is 7.86. The molecule has 0 spiro atoms. The minimum Gasteiger partial charge on any atom is -0.375 e. The van der Waals surface area contributed by atoms with Gasteiger partial charge < -0.3 is 5.11 Å². The molecule has 1 aromatic rings. The molecule has 5 heteroatoms. The number of hydrogen-bond acceptors (Lipinski definition) is 4. The van der Waals surface area contributed by atoms with Gasteiger partial charge in [-0.2, -0.15) is 8.42 Å². The van der Waals surface area contributed by atoms with Crippen molar-refractivity contribution in [2.45, 2.75) is 49.2 Å². The zero-order valence-electron chi connectivity index (χ0n) is 11.4. The van der Waals surface area contributed by atoms with E-state index in [1.807, 2.05) is 6.92 Å². The summed E-state index contributed by atoms with van der Waals surface area (Å²) in [5.74, 6) is 2.28. The number of rotatable bonds is 3. The van der Waals surface area contributed by atoms with E-state index in [4.69, 9.17) is 10.6 Å². The molecule has 0 amide bonds. The van der Waals surface area contributed by atoms with E-state index in [1.165, 1.54) is 12.1 Å². The lowest BCUT2D eigenvalue weighted by molar-refractivity contribution is -0.0418. The van der Waals surface area contributed by atoms with Crippen molar-refractivity contribution in [2.24, 2.45) is 0 Å². The van der Waals surface area contributed by atoms with Gasteiger partial charge in [0.2, 0.25) is 0 Å². The zero-order chi connectivity index (χ0) is 14.8. The van der Waals surface area contributed by atoms with Crippen LogP contribution in [0.2, 0.25) is 0 Å². The first-order valence-electron chi connectivity index (χ1n) is 6.57.